The van der Waals surface area contributed by atoms with Crippen LogP contribution in [0.5, 0.6) is 0 Å². The van der Waals surface area contributed by atoms with Crippen LogP contribution in [-0.4, -0.2) is 0 Å². The fourth-order valence-corrected chi connectivity index (χ4v) is 4.01. The summed E-state index contributed by atoms with van der Waals surface area (Å²) >= 11 is 0. The number of hydrogen-bond donors (Lipinski definition) is 1. The summed E-state index contributed by atoms with van der Waals surface area (Å²) in [5.74, 6) is 5.13. The number of hydrogen-bond acceptors (Lipinski definition) is 1. The summed E-state index contributed by atoms with van der Waals surface area (Å²) in [5, 5.41) is 0. The van der Waals surface area contributed by atoms with E-state index in [-0.39, 0.29) is 0 Å². The smallest absolute Gasteiger partial charge is 0.149 e. The number of allylic oxidation sites excluding steroid dienone is 1. The molecule has 162 valence electrons. The number of unbranched alkanes of at least 4 members (excludes halogenated alkanes) is 2. The Labute approximate surface area is 189 Å². The minimum Gasteiger partial charge on any atom is -0.394 e. The molecule has 0 saturated heterocycles. The molecule has 4 rings (SSSR count). The molecule has 0 radical (unpaired) electrons. The third-order valence-electron chi connectivity index (χ3n) is 5.94. The molecule has 0 saturated carbocycles. The number of nitrogen functional groups attached to an aromatic ring is 1. The largest absolute Gasteiger partial charge is 0.394 e. The Morgan fingerprint density at radius 2 is 1.59 bits per heavy atom. The lowest BCUT2D eigenvalue weighted by Crippen LogP contribution is -2.00. The topological polar surface area (TPSA) is 26.0 Å². The van der Waals surface area contributed by atoms with Crippen molar-refractivity contribution >= 4 is 11.8 Å². The van der Waals surface area contributed by atoms with Gasteiger partial charge in [0.15, 0.2) is 0 Å². The second kappa shape index (κ2) is 9.83. The van der Waals surface area contributed by atoms with Gasteiger partial charge in [-0.05, 0) is 83.8 Å². The lowest BCUT2D eigenvalue weighted by atomic mass is 9.89. The van der Waals surface area contributed by atoms with E-state index < -0.39 is 17.3 Å². The Bertz CT molecular complexity index is 1190. The highest BCUT2D eigenvalue weighted by molar-refractivity contribution is 5.72. The number of nitrogens with two attached hydrogens (primary N) is 1. The Morgan fingerprint density at radius 3 is 2.31 bits per heavy atom. The molecule has 0 aliphatic heterocycles. The zero-order valence-electron chi connectivity index (χ0n) is 18.3. The molecule has 1 aliphatic carbocycles. The van der Waals surface area contributed by atoms with Crippen LogP contribution in [0.25, 0.3) is 17.2 Å². The van der Waals surface area contributed by atoms with Crippen LogP contribution in [0.4, 0.5) is 14.5 Å². The molecule has 0 fully saturated rings. The van der Waals surface area contributed by atoms with Crippen molar-refractivity contribution < 1.29 is 8.78 Å². The molecule has 1 aliphatic rings. The molecule has 0 amide bonds. The first-order chi connectivity index (χ1) is 15.5. The fourth-order valence-electron chi connectivity index (χ4n) is 4.01. The standard InChI is InChI=1S/C29H27F2N/c1-2-3-4-5-20-6-8-21(9-7-20)10-11-22-12-13-24-17-25(15-14-23(24)16-22)26-18-27(30)29(32)28(31)19-26/h6-9,14-19H,2-5,12-13,32H2,1H3. The van der Waals surface area contributed by atoms with Crippen molar-refractivity contribution in [2.75, 3.05) is 5.73 Å². The highest BCUT2D eigenvalue weighted by Crippen LogP contribution is 2.31. The molecule has 0 unspecified atom stereocenters. The van der Waals surface area contributed by atoms with Crippen LogP contribution in [-0.2, 0) is 12.8 Å². The molecule has 1 nitrogen and oxygen atoms in total. The Kier molecular flexibility index (Phi) is 6.71. The zero-order valence-corrected chi connectivity index (χ0v) is 18.3. The maximum Gasteiger partial charge on any atom is 0.149 e. The number of rotatable bonds is 5. The number of fused-ring (bicyclic) bond motifs is 1. The van der Waals surface area contributed by atoms with E-state index in [0.717, 1.165) is 47.1 Å². The maximum atomic E-state index is 13.8. The molecular formula is C29H27F2N. The number of halogens is 2. The van der Waals surface area contributed by atoms with Gasteiger partial charge in [0.2, 0.25) is 0 Å². The lowest BCUT2D eigenvalue weighted by molar-refractivity contribution is 0.592. The van der Waals surface area contributed by atoms with Crippen LogP contribution in [0.1, 0.15) is 54.9 Å². The lowest BCUT2D eigenvalue weighted by Gasteiger charge is -2.15. The summed E-state index contributed by atoms with van der Waals surface area (Å²) in [6.45, 7) is 2.22. The van der Waals surface area contributed by atoms with Gasteiger partial charge in [-0.25, -0.2) is 8.78 Å². The van der Waals surface area contributed by atoms with E-state index in [1.165, 1.54) is 37.0 Å². The van der Waals surface area contributed by atoms with E-state index in [2.05, 4.69) is 49.1 Å². The number of benzene rings is 3. The first-order valence-corrected chi connectivity index (χ1v) is 11.2. The second-order valence-electron chi connectivity index (χ2n) is 8.34. The molecule has 0 bridgehead atoms. The first-order valence-electron chi connectivity index (χ1n) is 11.2. The van der Waals surface area contributed by atoms with Crippen molar-refractivity contribution in [3.63, 3.8) is 0 Å². The van der Waals surface area contributed by atoms with Crippen LogP contribution < -0.4 is 5.73 Å². The summed E-state index contributed by atoms with van der Waals surface area (Å²) < 4.78 is 27.7. The summed E-state index contributed by atoms with van der Waals surface area (Å²) in [4.78, 5) is 0. The Hall–Kier alpha value is -3.38. The zero-order chi connectivity index (χ0) is 22.5. The average Bonchev–Trinajstić information content (AvgIpc) is 2.81. The van der Waals surface area contributed by atoms with Crippen molar-refractivity contribution in [1.29, 1.82) is 0 Å². The van der Waals surface area contributed by atoms with Crippen LogP contribution >= 0.6 is 0 Å². The molecule has 3 heteroatoms. The quantitative estimate of drug-likeness (QED) is 0.257. The van der Waals surface area contributed by atoms with E-state index in [1.807, 2.05) is 18.2 Å². The van der Waals surface area contributed by atoms with E-state index >= 15 is 0 Å². The minimum absolute atomic E-state index is 0.441. The van der Waals surface area contributed by atoms with Gasteiger partial charge in [0, 0.05) is 11.1 Å². The van der Waals surface area contributed by atoms with E-state index in [9.17, 15) is 8.78 Å². The highest BCUT2D eigenvalue weighted by atomic mass is 19.1. The van der Waals surface area contributed by atoms with Gasteiger partial charge in [0.25, 0.3) is 0 Å². The van der Waals surface area contributed by atoms with Crippen molar-refractivity contribution in [3.8, 4) is 23.0 Å². The van der Waals surface area contributed by atoms with Crippen LogP contribution in [0.15, 0.2) is 60.2 Å². The van der Waals surface area contributed by atoms with Crippen molar-refractivity contribution in [2.24, 2.45) is 0 Å². The molecule has 0 spiro atoms. The molecule has 3 aromatic rings. The fraction of sp³-hybridized carbons (Fsp3) is 0.241. The van der Waals surface area contributed by atoms with Gasteiger partial charge < -0.3 is 5.73 Å². The average molecular weight is 428 g/mol. The summed E-state index contributed by atoms with van der Waals surface area (Å²) in [5.41, 5.74) is 12.0. The summed E-state index contributed by atoms with van der Waals surface area (Å²) in [6.07, 6.45) is 8.68. The number of aryl methyl sites for hydroxylation is 2. The van der Waals surface area contributed by atoms with Gasteiger partial charge in [-0.1, -0.05) is 61.9 Å². The van der Waals surface area contributed by atoms with E-state index in [0.29, 0.717) is 5.56 Å². The van der Waals surface area contributed by atoms with Gasteiger partial charge >= 0.3 is 0 Å². The van der Waals surface area contributed by atoms with Crippen molar-refractivity contribution in [1.82, 2.24) is 0 Å². The van der Waals surface area contributed by atoms with E-state index in [4.69, 9.17) is 5.73 Å². The molecule has 0 heterocycles. The normalized spacial score (nSPS) is 12.5. The Balaban J connectivity index is 1.49. The first kappa shape index (κ1) is 21.8. The third-order valence-corrected chi connectivity index (χ3v) is 5.94. The van der Waals surface area contributed by atoms with Crippen molar-refractivity contribution in [3.05, 3.63) is 94.1 Å². The molecular weight excluding hydrogens is 400 g/mol. The van der Waals surface area contributed by atoms with Gasteiger partial charge in [-0.2, -0.15) is 0 Å². The third kappa shape index (κ3) is 5.08. The van der Waals surface area contributed by atoms with Crippen LogP contribution in [0.2, 0.25) is 0 Å². The van der Waals surface area contributed by atoms with Gasteiger partial charge in [0.05, 0.1) is 0 Å². The van der Waals surface area contributed by atoms with Crippen LogP contribution in [0, 0.1) is 23.5 Å². The molecule has 0 aromatic heterocycles. The van der Waals surface area contributed by atoms with Crippen LogP contribution in [0.3, 0.4) is 0 Å². The van der Waals surface area contributed by atoms with Crippen molar-refractivity contribution in [2.45, 2.75) is 45.4 Å². The van der Waals surface area contributed by atoms with E-state index in [1.54, 1.807) is 0 Å². The molecule has 2 N–H and O–H groups in total. The SMILES string of the molecule is CCCCCc1ccc(C#CC2=Cc3ccc(-c4cc(F)c(N)c(F)c4)cc3CC2)cc1. The predicted octanol–water partition coefficient (Wildman–Crippen LogP) is 7.33. The van der Waals surface area contributed by atoms with Gasteiger partial charge in [-0.15, -0.1) is 0 Å². The van der Waals surface area contributed by atoms with Gasteiger partial charge in [0.1, 0.15) is 17.3 Å². The molecule has 32 heavy (non-hydrogen) atoms. The summed E-state index contributed by atoms with van der Waals surface area (Å²) in [6, 6.07) is 17.0. The number of anilines is 1. The summed E-state index contributed by atoms with van der Waals surface area (Å²) in [7, 11) is 0. The van der Waals surface area contributed by atoms with Gasteiger partial charge in [-0.3, -0.25) is 0 Å². The Morgan fingerprint density at radius 1 is 0.844 bits per heavy atom. The predicted molar refractivity (Wildman–Crippen MR) is 129 cm³/mol. The molecule has 3 aromatic carbocycles. The monoisotopic (exact) mass is 427 g/mol. The molecule has 0 atom stereocenters. The second-order valence-corrected chi connectivity index (χ2v) is 8.34. The highest BCUT2D eigenvalue weighted by Gasteiger charge is 2.13. The maximum absolute atomic E-state index is 13.8. The minimum atomic E-state index is -0.732.